The molecular formula is C17H21NO2. The molecule has 2 aromatic carbocycles. The highest BCUT2D eigenvalue weighted by Gasteiger charge is 2.08. The number of benzene rings is 2. The average Bonchev–Trinajstić information content (AvgIpc) is 2.45. The van der Waals surface area contributed by atoms with Gasteiger partial charge in [-0.05, 0) is 32.0 Å². The van der Waals surface area contributed by atoms with Crippen LogP contribution in [-0.4, -0.2) is 13.2 Å². The Morgan fingerprint density at radius 2 is 1.70 bits per heavy atom. The van der Waals surface area contributed by atoms with Crippen LogP contribution in [0.15, 0.2) is 48.5 Å². The fourth-order valence-electron chi connectivity index (χ4n) is 1.98. The van der Waals surface area contributed by atoms with Crippen LogP contribution in [0, 0.1) is 6.92 Å². The van der Waals surface area contributed by atoms with Crippen molar-refractivity contribution in [1.82, 2.24) is 0 Å². The molecule has 0 fully saturated rings. The number of nitrogens with two attached hydrogens (primary N) is 1. The van der Waals surface area contributed by atoms with E-state index in [0.29, 0.717) is 13.2 Å². The quantitative estimate of drug-likeness (QED) is 0.818. The van der Waals surface area contributed by atoms with E-state index in [-0.39, 0.29) is 6.04 Å². The summed E-state index contributed by atoms with van der Waals surface area (Å²) >= 11 is 0. The Bertz CT molecular complexity index is 538. The van der Waals surface area contributed by atoms with Crippen LogP contribution in [0.3, 0.4) is 0 Å². The van der Waals surface area contributed by atoms with Crippen LogP contribution in [0.2, 0.25) is 0 Å². The van der Waals surface area contributed by atoms with Gasteiger partial charge in [-0.25, -0.2) is 0 Å². The Labute approximate surface area is 120 Å². The van der Waals surface area contributed by atoms with Crippen LogP contribution < -0.4 is 15.2 Å². The van der Waals surface area contributed by atoms with Crippen LogP contribution in [0.5, 0.6) is 11.5 Å². The van der Waals surface area contributed by atoms with E-state index < -0.39 is 0 Å². The van der Waals surface area contributed by atoms with Gasteiger partial charge in [0.2, 0.25) is 0 Å². The number of hydrogen-bond acceptors (Lipinski definition) is 3. The van der Waals surface area contributed by atoms with Gasteiger partial charge in [-0.3, -0.25) is 0 Å². The fraction of sp³-hybridized carbons (Fsp3) is 0.294. The minimum absolute atomic E-state index is 0.0417. The lowest BCUT2D eigenvalue weighted by molar-refractivity contribution is 0.215. The topological polar surface area (TPSA) is 44.5 Å². The zero-order valence-electron chi connectivity index (χ0n) is 12.0. The van der Waals surface area contributed by atoms with Crippen LogP contribution in [0.1, 0.15) is 24.1 Å². The summed E-state index contributed by atoms with van der Waals surface area (Å²) in [6.45, 7) is 5.02. The SMILES string of the molecule is Cc1ccc(OCCOc2ccccc2)c(C(C)N)c1. The van der Waals surface area contributed by atoms with Crippen molar-refractivity contribution in [3.8, 4) is 11.5 Å². The van der Waals surface area contributed by atoms with Crippen molar-refractivity contribution < 1.29 is 9.47 Å². The second kappa shape index (κ2) is 6.96. The summed E-state index contributed by atoms with van der Waals surface area (Å²) < 4.78 is 11.4. The molecule has 106 valence electrons. The number of hydrogen-bond donors (Lipinski definition) is 1. The van der Waals surface area contributed by atoms with Gasteiger partial charge in [0, 0.05) is 11.6 Å². The van der Waals surface area contributed by atoms with Gasteiger partial charge in [-0.1, -0.05) is 35.9 Å². The summed E-state index contributed by atoms with van der Waals surface area (Å²) in [6.07, 6.45) is 0. The van der Waals surface area contributed by atoms with Gasteiger partial charge in [-0.2, -0.15) is 0 Å². The van der Waals surface area contributed by atoms with E-state index >= 15 is 0 Å². The van der Waals surface area contributed by atoms with Gasteiger partial charge in [-0.15, -0.1) is 0 Å². The summed E-state index contributed by atoms with van der Waals surface area (Å²) in [5.41, 5.74) is 8.18. The lowest BCUT2D eigenvalue weighted by Gasteiger charge is -2.15. The minimum atomic E-state index is -0.0417. The second-order valence-electron chi connectivity index (χ2n) is 4.84. The standard InChI is InChI=1S/C17H21NO2/c1-13-8-9-17(16(12-13)14(2)18)20-11-10-19-15-6-4-3-5-7-15/h3-9,12,14H,10-11,18H2,1-2H3. The first-order valence-electron chi connectivity index (χ1n) is 6.83. The lowest BCUT2D eigenvalue weighted by atomic mass is 10.1. The van der Waals surface area contributed by atoms with Crippen LogP contribution in [0.25, 0.3) is 0 Å². The van der Waals surface area contributed by atoms with Crippen LogP contribution in [0.4, 0.5) is 0 Å². The smallest absolute Gasteiger partial charge is 0.124 e. The molecule has 0 saturated carbocycles. The Balaban J connectivity index is 1.88. The third-order valence-corrected chi connectivity index (χ3v) is 3.01. The fourth-order valence-corrected chi connectivity index (χ4v) is 1.98. The Morgan fingerprint density at radius 1 is 1.00 bits per heavy atom. The third kappa shape index (κ3) is 4.00. The van der Waals surface area contributed by atoms with Crippen molar-refractivity contribution >= 4 is 0 Å². The number of aryl methyl sites for hydroxylation is 1. The molecule has 0 radical (unpaired) electrons. The second-order valence-corrected chi connectivity index (χ2v) is 4.84. The summed E-state index contributed by atoms with van der Waals surface area (Å²) in [5, 5.41) is 0. The van der Waals surface area contributed by atoms with E-state index in [1.807, 2.05) is 56.3 Å². The van der Waals surface area contributed by atoms with E-state index in [2.05, 4.69) is 6.07 Å². The lowest BCUT2D eigenvalue weighted by Crippen LogP contribution is -2.12. The van der Waals surface area contributed by atoms with Gasteiger partial charge < -0.3 is 15.2 Å². The zero-order chi connectivity index (χ0) is 14.4. The van der Waals surface area contributed by atoms with Crippen LogP contribution in [-0.2, 0) is 0 Å². The van der Waals surface area contributed by atoms with E-state index in [1.54, 1.807) is 0 Å². The first-order chi connectivity index (χ1) is 9.66. The number of ether oxygens (including phenoxy) is 2. The van der Waals surface area contributed by atoms with Gasteiger partial charge in [0.15, 0.2) is 0 Å². The van der Waals surface area contributed by atoms with Crippen molar-refractivity contribution in [2.24, 2.45) is 5.73 Å². The van der Waals surface area contributed by atoms with E-state index in [1.165, 1.54) is 5.56 Å². The monoisotopic (exact) mass is 271 g/mol. The highest BCUT2D eigenvalue weighted by molar-refractivity contribution is 5.38. The van der Waals surface area contributed by atoms with Crippen molar-refractivity contribution in [3.63, 3.8) is 0 Å². The molecule has 0 amide bonds. The largest absolute Gasteiger partial charge is 0.490 e. The molecule has 3 nitrogen and oxygen atoms in total. The molecule has 0 aromatic heterocycles. The predicted octanol–water partition coefficient (Wildman–Crippen LogP) is 3.47. The summed E-state index contributed by atoms with van der Waals surface area (Å²) in [7, 11) is 0. The molecule has 20 heavy (non-hydrogen) atoms. The summed E-state index contributed by atoms with van der Waals surface area (Å²) in [6, 6.07) is 15.7. The van der Waals surface area contributed by atoms with E-state index in [4.69, 9.17) is 15.2 Å². The van der Waals surface area contributed by atoms with Crippen molar-refractivity contribution in [1.29, 1.82) is 0 Å². The molecule has 1 atom stereocenters. The van der Waals surface area contributed by atoms with Gasteiger partial charge in [0.05, 0.1) is 0 Å². The molecule has 0 bridgehead atoms. The maximum Gasteiger partial charge on any atom is 0.124 e. The third-order valence-electron chi connectivity index (χ3n) is 3.01. The molecule has 0 spiro atoms. The van der Waals surface area contributed by atoms with Crippen molar-refractivity contribution in [2.75, 3.05) is 13.2 Å². The maximum absolute atomic E-state index is 5.97. The molecule has 0 aliphatic rings. The average molecular weight is 271 g/mol. The van der Waals surface area contributed by atoms with E-state index in [0.717, 1.165) is 17.1 Å². The normalized spacial score (nSPS) is 11.9. The highest BCUT2D eigenvalue weighted by Crippen LogP contribution is 2.24. The number of para-hydroxylation sites is 1. The van der Waals surface area contributed by atoms with Gasteiger partial charge in [0.25, 0.3) is 0 Å². The molecule has 3 heteroatoms. The molecular weight excluding hydrogens is 250 g/mol. The molecule has 2 aromatic rings. The Kier molecular flexibility index (Phi) is 5.02. The van der Waals surface area contributed by atoms with Crippen molar-refractivity contribution in [2.45, 2.75) is 19.9 Å². The van der Waals surface area contributed by atoms with Crippen molar-refractivity contribution in [3.05, 3.63) is 59.7 Å². The highest BCUT2D eigenvalue weighted by atomic mass is 16.5. The van der Waals surface area contributed by atoms with Gasteiger partial charge >= 0.3 is 0 Å². The predicted molar refractivity (Wildman–Crippen MR) is 81.2 cm³/mol. The van der Waals surface area contributed by atoms with E-state index in [9.17, 15) is 0 Å². The molecule has 1 unspecified atom stereocenters. The molecule has 0 aliphatic carbocycles. The molecule has 0 aliphatic heterocycles. The maximum atomic E-state index is 5.97. The van der Waals surface area contributed by atoms with Crippen LogP contribution >= 0.6 is 0 Å². The summed E-state index contributed by atoms with van der Waals surface area (Å²) in [4.78, 5) is 0. The molecule has 2 rings (SSSR count). The molecule has 2 N–H and O–H groups in total. The minimum Gasteiger partial charge on any atom is -0.490 e. The Hall–Kier alpha value is -2.00. The first kappa shape index (κ1) is 14.4. The zero-order valence-corrected chi connectivity index (χ0v) is 12.0. The number of rotatable bonds is 6. The first-order valence-corrected chi connectivity index (χ1v) is 6.83. The van der Waals surface area contributed by atoms with Gasteiger partial charge in [0.1, 0.15) is 24.7 Å². The molecule has 0 heterocycles. The Morgan fingerprint density at radius 3 is 2.40 bits per heavy atom. The summed E-state index contributed by atoms with van der Waals surface area (Å²) in [5.74, 6) is 1.69. The molecule has 0 saturated heterocycles.